The van der Waals surface area contributed by atoms with E-state index >= 15 is 0 Å². The lowest BCUT2D eigenvalue weighted by atomic mass is 9.86. The number of rotatable bonds is 12. The van der Waals surface area contributed by atoms with Crippen LogP contribution in [0.2, 0.25) is 0 Å². The summed E-state index contributed by atoms with van der Waals surface area (Å²) in [5, 5.41) is 13.8. The number of anilines is 1. The maximum atomic E-state index is 14.7. The van der Waals surface area contributed by atoms with Crippen LogP contribution in [0.25, 0.3) is 51.6 Å². The largest absolute Gasteiger partial charge is 0.358 e. The van der Waals surface area contributed by atoms with Gasteiger partial charge in [-0.15, -0.1) is 0 Å². The SMILES string of the molecule is C=C(CC1CCCCC1)Nc1cncc(/C(C)=C/C=c2/[nH]nc(-c3cc4c(-c5cc(F)cc(CCCN(C)C)c5)cncc4[nH]3)c2=C)c1. The predicted molar refractivity (Wildman–Crippen MR) is 197 cm³/mol. The Hall–Kier alpha value is -4.82. The molecule has 8 heteroatoms. The monoisotopic (exact) mass is 643 g/mol. The van der Waals surface area contributed by atoms with Crippen molar-refractivity contribution in [2.24, 2.45) is 5.92 Å². The van der Waals surface area contributed by atoms with E-state index in [-0.39, 0.29) is 5.82 Å². The minimum atomic E-state index is -0.241. The zero-order chi connectivity index (χ0) is 33.6. The van der Waals surface area contributed by atoms with E-state index in [1.807, 2.05) is 24.5 Å². The molecule has 0 atom stereocenters. The first-order valence-corrected chi connectivity index (χ1v) is 17.0. The van der Waals surface area contributed by atoms with Gasteiger partial charge in [-0.25, -0.2) is 4.39 Å². The van der Waals surface area contributed by atoms with Crippen LogP contribution in [0, 0.1) is 11.7 Å². The van der Waals surface area contributed by atoms with E-state index < -0.39 is 0 Å². The number of halogens is 1. The highest BCUT2D eigenvalue weighted by Gasteiger charge is 2.15. The van der Waals surface area contributed by atoms with E-state index in [4.69, 9.17) is 0 Å². The second-order valence-electron chi connectivity index (χ2n) is 13.5. The molecular formula is C40H46FN7. The van der Waals surface area contributed by atoms with Crippen molar-refractivity contribution >= 4 is 34.8 Å². The van der Waals surface area contributed by atoms with Crippen molar-refractivity contribution < 1.29 is 4.39 Å². The van der Waals surface area contributed by atoms with Crippen molar-refractivity contribution in [3.8, 4) is 22.5 Å². The number of aromatic nitrogens is 5. The number of hydrogen-bond acceptors (Lipinski definition) is 5. The van der Waals surface area contributed by atoms with Crippen LogP contribution in [0.3, 0.4) is 0 Å². The summed E-state index contributed by atoms with van der Waals surface area (Å²) in [6.07, 6.45) is 20.8. The van der Waals surface area contributed by atoms with E-state index in [2.05, 4.69) is 87.8 Å². The van der Waals surface area contributed by atoms with Gasteiger partial charge in [0.05, 0.1) is 34.6 Å². The molecule has 6 rings (SSSR count). The van der Waals surface area contributed by atoms with Gasteiger partial charge in [0, 0.05) is 34.3 Å². The molecule has 5 aromatic rings. The van der Waals surface area contributed by atoms with Crippen molar-refractivity contribution in [2.75, 3.05) is 26.0 Å². The maximum absolute atomic E-state index is 14.7. The quantitative estimate of drug-likeness (QED) is 0.129. The highest BCUT2D eigenvalue weighted by molar-refractivity contribution is 5.97. The fraction of sp³-hybridized carbons (Fsp3) is 0.325. The molecular weight excluding hydrogens is 597 g/mol. The zero-order valence-corrected chi connectivity index (χ0v) is 28.4. The number of aromatic amines is 2. The van der Waals surface area contributed by atoms with Gasteiger partial charge in [0.15, 0.2) is 0 Å². The smallest absolute Gasteiger partial charge is 0.124 e. The van der Waals surface area contributed by atoms with Crippen molar-refractivity contribution in [3.63, 3.8) is 0 Å². The molecule has 7 nitrogen and oxygen atoms in total. The summed E-state index contributed by atoms with van der Waals surface area (Å²) in [5.74, 6) is 0.491. The van der Waals surface area contributed by atoms with Crippen molar-refractivity contribution in [2.45, 2.75) is 58.3 Å². The Balaban J connectivity index is 1.21. The van der Waals surface area contributed by atoms with Gasteiger partial charge in [-0.05, 0) is 105 Å². The number of H-pyrrole nitrogens is 2. The fourth-order valence-electron chi connectivity index (χ4n) is 6.72. The van der Waals surface area contributed by atoms with Crippen LogP contribution in [-0.4, -0.2) is 50.7 Å². The number of allylic oxidation sites excluding steroid dienone is 3. The van der Waals surface area contributed by atoms with Crippen LogP contribution in [0.15, 0.2) is 73.5 Å². The van der Waals surface area contributed by atoms with Gasteiger partial charge in [0.2, 0.25) is 0 Å². The first-order chi connectivity index (χ1) is 23.2. The zero-order valence-electron chi connectivity index (χ0n) is 28.4. The summed E-state index contributed by atoms with van der Waals surface area (Å²) in [7, 11) is 4.10. The number of pyridine rings is 2. The van der Waals surface area contributed by atoms with E-state index in [1.54, 1.807) is 24.5 Å². The standard InChI is InChI=1S/C40H46FN7/c1-26(32-20-34(23-42-22-32)44-27(2)16-29-10-7-6-8-11-29)13-14-37-28(3)40(47-46-37)38-21-35-36(24-43-25-39(35)45-38)31-17-30(18-33(41)19-31)12-9-15-48(4)5/h13-14,17-25,29,44-46H,2-3,6-12,15-16H2,1,4-5H3/b26-13+,37-14+. The molecule has 0 radical (unpaired) electrons. The van der Waals surface area contributed by atoms with Gasteiger partial charge in [-0.1, -0.05) is 57.4 Å². The van der Waals surface area contributed by atoms with Crippen LogP contribution < -0.4 is 15.9 Å². The molecule has 3 N–H and O–H groups in total. The molecule has 248 valence electrons. The van der Waals surface area contributed by atoms with Crippen molar-refractivity contribution in [1.82, 2.24) is 30.0 Å². The summed E-state index contributed by atoms with van der Waals surface area (Å²) in [6, 6.07) is 9.44. The van der Waals surface area contributed by atoms with Crippen LogP contribution in [0.5, 0.6) is 0 Å². The molecule has 4 aromatic heterocycles. The van der Waals surface area contributed by atoms with E-state index in [9.17, 15) is 4.39 Å². The lowest BCUT2D eigenvalue weighted by molar-refractivity contribution is 0.357. The molecule has 1 aromatic carbocycles. The summed E-state index contributed by atoms with van der Waals surface area (Å²) < 4.78 is 14.7. The average molecular weight is 644 g/mol. The Morgan fingerprint density at radius 3 is 2.67 bits per heavy atom. The lowest BCUT2D eigenvalue weighted by Gasteiger charge is -2.22. The Bertz CT molecular complexity index is 2050. The number of benzene rings is 1. The van der Waals surface area contributed by atoms with Gasteiger partial charge >= 0.3 is 0 Å². The molecule has 0 bridgehead atoms. The summed E-state index contributed by atoms with van der Waals surface area (Å²) in [5.41, 5.74) is 9.16. The van der Waals surface area contributed by atoms with Crippen molar-refractivity contribution in [3.05, 3.63) is 101 Å². The first kappa shape index (κ1) is 33.1. The molecule has 0 unspecified atom stereocenters. The number of hydrogen-bond donors (Lipinski definition) is 3. The van der Waals surface area contributed by atoms with E-state index in [1.165, 1.54) is 32.1 Å². The second-order valence-corrected chi connectivity index (χ2v) is 13.5. The summed E-state index contributed by atoms with van der Waals surface area (Å²) in [4.78, 5) is 14.5. The first-order valence-electron chi connectivity index (χ1n) is 17.0. The van der Waals surface area contributed by atoms with Gasteiger partial charge < -0.3 is 15.2 Å². The third kappa shape index (κ3) is 8.00. The van der Waals surface area contributed by atoms with Crippen LogP contribution >= 0.6 is 0 Å². The minimum absolute atomic E-state index is 0.241. The molecule has 0 amide bonds. The number of fused-ring (bicyclic) bond motifs is 1. The molecule has 1 aliphatic rings. The maximum Gasteiger partial charge on any atom is 0.124 e. The minimum Gasteiger partial charge on any atom is -0.358 e. The van der Waals surface area contributed by atoms with Gasteiger partial charge in [-0.3, -0.25) is 15.1 Å². The highest BCUT2D eigenvalue weighted by Crippen LogP contribution is 2.32. The molecule has 0 spiro atoms. The molecule has 1 saturated carbocycles. The Morgan fingerprint density at radius 1 is 1.04 bits per heavy atom. The van der Waals surface area contributed by atoms with E-state index in [0.717, 1.165) is 104 Å². The Labute approximate surface area is 282 Å². The lowest BCUT2D eigenvalue weighted by Crippen LogP contribution is -2.21. The van der Waals surface area contributed by atoms with Gasteiger partial charge in [-0.2, -0.15) is 5.10 Å². The topological polar surface area (TPSA) is 85.5 Å². The van der Waals surface area contributed by atoms with Gasteiger partial charge in [0.25, 0.3) is 0 Å². The van der Waals surface area contributed by atoms with E-state index in [0.29, 0.717) is 0 Å². The second kappa shape index (κ2) is 14.9. The molecule has 1 fully saturated rings. The molecule has 0 aliphatic heterocycles. The van der Waals surface area contributed by atoms with Crippen LogP contribution in [0.1, 0.15) is 63.0 Å². The average Bonchev–Trinajstić information content (AvgIpc) is 3.66. The fourth-order valence-corrected chi connectivity index (χ4v) is 6.72. The Morgan fingerprint density at radius 2 is 1.85 bits per heavy atom. The predicted octanol–water partition coefficient (Wildman–Crippen LogP) is 7.84. The Kier molecular flexibility index (Phi) is 10.3. The third-order valence-corrected chi connectivity index (χ3v) is 9.31. The van der Waals surface area contributed by atoms with Gasteiger partial charge in [0.1, 0.15) is 11.5 Å². The number of nitrogens with one attached hydrogen (secondary N) is 3. The number of aryl methyl sites for hydroxylation is 1. The summed E-state index contributed by atoms with van der Waals surface area (Å²) >= 11 is 0. The molecule has 4 heterocycles. The normalized spacial score (nSPS) is 14.7. The van der Waals surface area contributed by atoms with Crippen LogP contribution in [-0.2, 0) is 6.42 Å². The number of nitrogens with zero attached hydrogens (tertiary/aromatic N) is 4. The van der Waals surface area contributed by atoms with Crippen molar-refractivity contribution in [1.29, 1.82) is 0 Å². The van der Waals surface area contributed by atoms with Crippen LogP contribution in [0.4, 0.5) is 10.1 Å². The highest BCUT2D eigenvalue weighted by atomic mass is 19.1. The summed E-state index contributed by atoms with van der Waals surface area (Å²) in [6.45, 7) is 11.7. The molecule has 48 heavy (non-hydrogen) atoms. The third-order valence-electron chi connectivity index (χ3n) is 9.31. The molecule has 1 aliphatic carbocycles. The molecule has 0 saturated heterocycles.